The first-order valence-corrected chi connectivity index (χ1v) is 13.0. The Hall–Kier alpha value is -3.72. The molecule has 4 rings (SSSR count). The molecule has 0 saturated heterocycles. The number of para-hydroxylation sites is 1. The SMILES string of the molecule is O=C(C[C@@H](CCCc1ccncc1)C(=O)NC1Cc2cn(c3ccccc23)CCCCCNC1=O)NO. The van der Waals surface area contributed by atoms with Gasteiger partial charge in [-0.05, 0) is 67.9 Å². The fraction of sp³-hybridized carbons (Fsp3) is 0.429. The summed E-state index contributed by atoms with van der Waals surface area (Å²) in [6, 6.07) is 11.2. The van der Waals surface area contributed by atoms with Crippen molar-refractivity contribution in [3.63, 3.8) is 0 Å². The molecule has 0 spiro atoms. The van der Waals surface area contributed by atoms with E-state index in [1.807, 2.05) is 30.3 Å². The van der Waals surface area contributed by atoms with Gasteiger partial charge < -0.3 is 15.2 Å². The zero-order chi connectivity index (χ0) is 26.0. The van der Waals surface area contributed by atoms with Gasteiger partial charge in [0.15, 0.2) is 0 Å². The normalized spacial score (nSPS) is 17.2. The Morgan fingerprint density at radius 3 is 2.76 bits per heavy atom. The highest BCUT2D eigenvalue weighted by atomic mass is 16.5. The van der Waals surface area contributed by atoms with E-state index in [0.29, 0.717) is 25.8 Å². The molecule has 1 aliphatic heterocycles. The number of nitrogens with zero attached hydrogens (tertiary/aromatic N) is 2. The van der Waals surface area contributed by atoms with Crippen LogP contribution in [0.15, 0.2) is 55.0 Å². The summed E-state index contributed by atoms with van der Waals surface area (Å²) < 4.78 is 2.23. The summed E-state index contributed by atoms with van der Waals surface area (Å²) in [7, 11) is 0. The van der Waals surface area contributed by atoms with Crippen molar-refractivity contribution < 1.29 is 19.6 Å². The molecule has 0 fully saturated rings. The van der Waals surface area contributed by atoms with Gasteiger partial charge in [0.25, 0.3) is 0 Å². The number of amides is 3. The monoisotopic (exact) mass is 505 g/mol. The van der Waals surface area contributed by atoms with Crippen LogP contribution >= 0.6 is 0 Å². The van der Waals surface area contributed by atoms with Crippen molar-refractivity contribution in [2.24, 2.45) is 5.92 Å². The predicted molar refractivity (Wildman–Crippen MR) is 140 cm³/mol. The number of pyridine rings is 1. The summed E-state index contributed by atoms with van der Waals surface area (Å²) in [4.78, 5) is 42.5. The van der Waals surface area contributed by atoms with Gasteiger partial charge in [0.1, 0.15) is 6.04 Å². The molecule has 2 bridgehead atoms. The predicted octanol–water partition coefficient (Wildman–Crippen LogP) is 2.90. The van der Waals surface area contributed by atoms with Gasteiger partial charge in [-0.15, -0.1) is 0 Å². The lowest BCUT2D eigenvalue weighted by Gasteiger charge is -2.22. The number of aryl methyl sites for hydroxylation is 2. The number of rotatable bonds is 8. The fourth-order valence-corrected chi connectivity index (χ4v) is 5.01. The number of hydrogen-bond donors (Lipinski definition) is 4. The number of carbonyl (C=O) groups is 3. The van der Waals surface area contributed by atoms with E-state index in [0.717, 1.165) is 54.3 Å². The minimum atomic E-state index is -0.772. The molecule has 1 unspecified atom stereocenters. The van der Waals surface area contributed by atoms with Crippen LogP contribution in [-0.4, -0.2) is 45.1 Å². The Balaban J connectivity index is 1.51. The quantitative estimate of drug-likeness (QED) is 0.277. The molecule has 3 heterocycles. The third-order valence-corrected chi connectivity index (χ3v) is 7.00. The highest BCUT2D eigenvalue weighted by Crippen LogP contribution is 2.24. The standard InChI is InChI=1S/C28H35N5O4/c34-26(32-37)18-21(8-6-7-20-11-14-29-15-12-20)27(35)31-24-17-22-19-33(25-10-3-2-9-23(22)25)16-5-1-4-13-30-28(24)36/h2-3,9-12,14-15,19,21,24,37H,1,4-8,13,16-18H2,(H,30,36)(H,31,35)(H,32,34)/t21-,24?/m1/s1. The van der Waals surface area contributed by atoms with Gasteiger partial charge >= 0.3 is 0 Å². The number of hydrogen-bond acceptors (Lipinski definition) is 5. The van der Waals surface area contributed by atoms with E-state index in [2.05, 4.69) is 32.4 Å². The third kappa shape index (κ3) is 7.16. The van der Waals surface area contributed by atoms with Crippen molar-refractivity contribution in [3.8, 4) is 0 Å². The first-order chi connectivity index (χ1) is 18.0. The van der Waals surface area contributed by atoms with E-state index in [4.69, 9.17) is 5.21 Å². The smallest absolute Gasteiger partial charge is 0.244 e. The molecule has 2 atom stereocenters. The van der Waals surface area contributed by atoms with Gasteiger partial charge in [0.05, 0.1) is 0 Å². The Labute approximate surface area is 216 Å². The summed E-state index contributed by atoms with van der Waals surface area (Å²) in [5.74, 6) is -1.90. The molecule has 3 aromatic rings. The zero-order valence-electron chi connectivity index (χ0n) is 21.0. The molecular formula is C28H35N5O4. The van der Waals surface area contributed by atoms with Crippen molar-refractivity contribution in [1.29, 1.82) is 0 Å². The summed E-state index contributed by atoms with van der Waals surface area (Å²) in [5, 5.41) is 16.0. The largest absolute Gasteiger partial charge is 0.354 e. The van der Waals surface area contributed by atoms with Crippen molar-refractivity contribution >= 4 is 28.6 Å². The number of hydroxylamine groups is 1. The van der Waals surface area contributed by atoms with Crippen LogP contribution in [0.2, 0.25) is 0 Å². The first-order valence-electron chi connectivity index (χ1n) is 13.0. The fourth-order valence-electron chi connectivity index (χ4n) is 5.01. The number of nitrogens with one attached hydrogen (secondary N) is 3. The molecule has 37 heavy (non-hydrogen) atoms. The van der Waals surface area contributed by atoms with Crippen LogP contribution in [0, 0.1) is 5.92 Å². The Morgan fingerprint density at radius 2 is 1.95 bits per heavy atom. The molecular weight excluding hydrogens is 470 g/mol. The van der Waals surface area contributed by atoms with Crippen LogP contribution in [-0.2, 0) is 33.8 Å². The van der Waals surface area contributed by atoms with Crippen LogP contribution in [0.3, 0.4) is 0 Å². The number of aromatic nitrogens is 2. The second-order valence-electron chi connectivity index (χ2n) is 9.67. The van der Waals surface area contributed by atoms with Gasteiger partial charge in [-0.25, -0.2) is 5.48 Å². The summed E-state index contributed by atoms with van der Waals surface area (Å²) in [6.07, 6.45) is 10.5. The van der Waals surface area contributed by atoms with E-state index < -0.39 is 17.9 Å². The number of fused-ring (bicyclic) bond motifs is 5. The maximum absolute atomic E-state index is 13.4. The molecule has 0 aliphatic carbocycles. The van der Waals surface area contributed by atoms with E-state index in [1.54, 1.807) is 17.9 Å². The van der Waals surface area contributed by atoms with Crippen LogP contribution < -0.4 is 16.1 Å². The summed E-state index contributed by atoms with van der Waals surface area (Å²) >= 11 is 0. The lowest BCUT2D eigenvalue weighted by molar-refractivity contribution is -0.136. The maximum atomic E-state index is 13.4. The van der Waals surface area contributed by atoms with Gasteiger partial charge in [0, 0.05) is 61.3 Å². The van der Waals surface area contributed by atoms with E-state index in [1.165, 1.54) is 0 Å². The van der Waals surface area contributed by atoms with Crippen molar-refractivity contribution in [3.05, 3.63) is 66.1 Å². The minimum Gasteiger partial charge on any atom is -0.354 e. The number of carbonyl (C=O) groups excluding carboxylic acids is 3. The second kappa shape index (κ2) is 13.0. The summed E-state index contributed by atoms with van der Waals surface area (Å²) in [5.41, 5.74) is 4.84. The van der Waals surface area contributed by atoms with Crippen molar-refractivity contribution in [2.45, 2.75) is 64.0 Å². The molecule has 9 nitrogen and oxygen atoms in total. The third-order valence-electron chi connectivity index (χ3n) is 7.00. The molecule has 1 aliphatic rings. The highest BCUT2D eigenvalue weighted by molar-refractivity contribution is 5.91. The zero-order valence-corrected chi connectivity index (χ0v) is 21.0. The average Bonchev–Trinajstić information content (AvgIpc) is 3.26. The van der Waals surface area contributed by atoms with Gasteiger partial charge in [-0.1, -0.05) is 18.2 Å². The maximum Gasteiger partial charge on any atom is 0.244 e. The lowest BCUT2D eigenvalue weighted by Crippen LogP contribution is -2.50. The minimum absolute atomic E-state index is 0.160. The van der Waals surface area contributed by atoms with E-state index in [9.17, 15) is 14.4 Å². The summed E-state index contributed by atoms with van der Waals surface area (Å²) in [6.45, 7) is 1.46. The molecule has 4 N–H and O–H groups in total. The van der Waals surface area contributed by atoms with Crippen LogP contribution in [0.5, 0.6) is 0 Å². The van der Waals surface area contributed by atoms with Gasteiger partial charge in [-0.2, -0.15) is 0 Å². The van der Waals surface area contributed by atoms with E-state index in [-0.39, 0.29) is 18.2 Å². The van der Waals surface area contributed by atoms with E-state index >= 15 is 0 Å². The topological polar surface area (TPSA) is 125 Å². The molecule has 196 valence electrons. The molecule has 1 aromatic carbocycles. The second-order valence-corrected chi connectivity index (χ2v) is 9.67. The van der Waals surface area contributed by atoms with Crippen molar-refractivity contribution in [2.75, 3.05) is 6.54 Å². The molecule has 0 saturated carbocycles. The lowest BCUT2D eigenvalue weighted by atomic mass is 9.94. The first kappa shape index (κ1) is 26.3. The van der Waals surface area contributed by atoms with Crippen LogP contribution in [0.25, 0.3) is 10.9 Å². The molecule has 9 heteroatoms. The average molecular weight is 506 g/mol. The van der Waals surface area contributed by atoms with Crippen LogP contribution in [0.1, 0.15) is 49.7 Å². The Kier molecular flexibility index (Phi) is 9.26. The van der Waals surface area contributed by atoms with Gasteiger partial charge in [-0.3, -0.25) is 24.6 Å². The molecule has 3 amide bonds. The van der Waals surface area contributed by atoms with Gasteiger partial charge in [0.2, 0.25) is 17.7 Å². The molecule has 2 aromatic heterocycles. The number of benzene rings is 1. The van der Waals surface area contributed by atoms with Crippen molar-refractivity contribution in [1.82, 2.24) is 25.7 Å². The molecule has 0 radical (unpaired) electrons. The highest BCUT2D eigenvalue weighted by Gasteiger charge is 2.28. The Morgan fingerprint density at radius 1 is 1.14 bits per heavy atom. The Bertz CT molecular complexity index is 1210. The van der Waals surface area contributed by atoms with Crippen LogP contribution in [0.4, 0.5) is 0 Å².